The Bertz CT molecular complexity index is 540. The molecule has 0 radical (unpaired) electrons. The van der Waals surface area contributed by atoms with Crippen LogP contribution in [0.3, 0.4) is 0 Å². The molecule has 0 saturated carbocycles. The molecule has 0 spiro atoms. The van der Waals surface area contributed by atoms with E-state index < -0.39 is 17.1 Å². The molecule has 0 fully saturated rings. The van der Waals surface area contributed by atoms with Crippen LogP contribution in [-0.4, -0.2) is 4.98 Å². The largest absolute Gasteiger partial charge is 0.416 e. The molecule has 5 heteroatoms. The maximum atomic E-state index is 12.9. The molecule has 1 unspecified atom stereocenters. The fourth-order valence-electron chi connectivity index (χ4n) is 1.86. The lowest BCUT2D eigenvalue weighted by Gasteiger charge is -2.16. The lowest BCUT2D eigenvalue weighted by Crippen LogP contribution is -2.11. The molecule has 0 bridgehead atoms. The van der Waals surface area contributed by atoms with E-state index in [0.29, 0.717) is 6.42 Å². The normalized spacial score (nSPS) is 13.3. The highest BCUT2D eigenvalue weighted by molar-refractivity contribution is 6.21. The maximum absolute atomic E-state index is 12.9. The first-order chi connectivity index (χ1) is 8.98. The number of halogens is 4. The summed E-state index contributed by atoms with van der Waals surface area (Å²) in [5.74, 6) is 0. The molecule has 1 aromatic heterocycles. The predicted octanol–water partition coefficient (Wildman–Crippen LogP) is 4.62. The Labute approximate surface area is 114 Å². The van der Waals surface area contributed by atoms with Crippen molar-refractivity contribution in [3.63, 3.8) is 0 Å². The van der Waals surface area contributed by atoms with E-state index in [4.69, 9.17) is 11.6 Å². The summed E-state index contributed by atoms with van der Waals surface area (Å²) >= 11 is 6.13. The average Bonchev–Trinajstić information content (AvgIpc) is 2.39. The number of hydrogen-bond donors (Lipinski definition) is 0. The number of rotatable bonds is 3. The third-order valence-electron chi connectivity index (χ3n) is 2.77. The second kappa shape index (κ2) is 5.61. The summed E-state index contributed by atoms with van der Waals surface area (Å²) in [6.07, 6.45) is -0.873. The summed E-state index contributed by atoms with van der Waals surface area (Å²) in [5.41, 5.74) is 0.282. The number of aromatic nitrogens is 1. The Balaban J connectivity index is 2.27. The Morgan fingerprint density at radius 2 is 1.68 bits per heavy atom. The van der Waals surface area contributed by atoms with E-state index in [1.54, 1.807) is 30.6 Å². The van der Waals surface area contributed by atoms with Crippen molar-refractivity contribution < 1.29 is 13.2 Å². The average molecular weight is 286 g/mol. The van der Waals surface area contributed by atoms with Crippen molar-refractivity contribution in [1.82, 2.24) is 4.98 Å². The van der Waals surface area contributed by atoms with Crippen LogP contribution in [0, 0.1) is 0 Å². The summed E-state index contributed by atoms with van der Waals surface area (Å²) in [6, 6.07) is 8.88. The zero-order valence-electron chi connectivity index (χ0n) is 9.86. The zero-order valence-corrected chi connectivity index (χ0v) is 10.6. The highest BCUT2D eigenvalue weighted by atomic mass is 35.5. The third-order valence-corrected chi connectivity index (χ3v) is 3.16. The minimum Gasteiger partial charge on any atom is -0.265 e. The van der Waals surface area contributed by atoms with Crippen LogP contribution in [0.5, 0.6) is 0 Å². The molecule has 0 N–H and O–H groups in total. The van der Waals surface area contributed by atoms with Gasteiger partial charge in [0.15, 0.2) is 0 Å². The van der Waals surface area contributed by atoms with Crippen LogP contribution in [0.15, 0.2) is 48.8 Å². The molecule has 1 heterocycles. The number of nitrogens with zero attached hydrogens (tertiary/aromatic N) is 1. The highest BCUT2D eigenvalue weighted by Crippen LogP contribution is 2.37. The van der Waals surface area contributed by atoms with Gasteiger partial charge >= 0.3 is 6.18 Å². The topological polar surface area (TPSA) is 12.9 Å². The van der Waals surface area contributed by atoms with Gasteiger partial charge in [0, 0.05) is 12.4 Å². The van der Waals surface area contributed by atoms with Gasteiger partial charge in [-0.3, -0.25) is 4.98 Å². The molecule has 1 aromatic carbocycles. The van der Waals surface area contributed by atoms with Gasteiger partial charge in [-0.2, -0.15) is 13.2 Å². The van der Waals surface area contributed by atoms with Crippen molar-refractivity contribution in [1.29, 1.82) is 0 Å². The van der Waals surface area contributed by atoms with Gasteiger partial charge < -0.3 is 0 Å². The lowest BCUT2D eigenvalue weighted by atomic mass is 9.99. The highest BCUT2D eigenvalue weighted by Gasteiger charge is 2.34. The molecule has 0 amide bonds. The third kappa shape index (κ3) is 3.47. The molecule has 0 aliphatic rings. The summed E-state index contributed by atoms with van der Waals surface area (Å²) < 4.78 is 38.6. The van der Waals surface area contributed by atoms with E-state index in [2.05, 4.69) is 4.98 Å². The Morgan fingerprint density at radius 1 is 1.05 bits per heavy atom. The molecular weight excluding hydrogens is 275 g/mol. The van der Waals surface area contributed by atoms with E-state index in [-0.39, 0.29) is 5.56 Å². The van der Waals surface area contributed by atoms with Crippen LogP contribution in [0.1, 0.15) is 22.1 Å². The van der Waals surface area contributed by atoms with Gasteiger partial charge in [0.25, 0.3) is 0 Å². The maximum Gasteiger partial charge on any atom is 0.416 e. The van der Waals surface area contributed by atoms with E-state index in [1.165, 1.54) is 12.1 Å². The van der Waals surface area contributed by atoms with Gasteiger partial charge in [-0.1, -0.05) is 18.2 Å². The molecule has 0 saturated heterocycles. The van der Waals surface area contributed by atoms with Crippen LogP contribution in [0.25, 0.3) is 0 Å². The van der Waals surface area contributed by atoms with Gasteiger partial charge in [0.2, 0.25) is 0 Å². The van der Waals surface area contributed by atoms with Crippen molar-refractivity contribution in [3.05, 3.63) is 65.5 Å². The lowest BCUT2D eigenvalue weighted by molar-refractivity contribution is -0.138. The molecule has 2 aromatic rings. The molecule has 19 heavy (non-hydrogen) atoms. The SMILES string of the molecule is FC(F)(F)c1ccccc1C(Cl)Cc1ccncc1. The minimum atomic E-state index is -4.39. The summed E-state index contributed by atoms with van der Waals surface area (Å²) in [4.78, 5) is 3.86. The fraction of sp³-hybridized carbons (Fsp3) is 0.214. The standard InChI is InChI=1S/C14H11ClF3N/c15-13(9-10-5-7-19-8-6-10)11-3-1-2-4-12(11)14(16,17)18/h1-8,13H,9H2. The summed E-state index contributed by atoms with van der Waals surface area (Å²) in [7, 11) is 0. The van der Waals surface area contributed by atoms with Gasteiger partial charge in [-0.25, -0.2) is 0 Å². The van der Waals surface area contributed by atoms with Crippen LogP contribution in [-0.2, 0) is 12.6 Å². The van der Waals surface area contributed by atoms with Gasteiger partial charge in [0.1, 0.15) is 0 Å². The molecular formula is C14H11ClF3N. The van der Waals surface area contributed by atoms with E-state index >= 15 is 0 Å². The van der Waals surface area contributed by atoms with Crippen LogP contribution in [0.4, 0.5) is 13.2 Å². The van der Waals surface area contributed by atoms with Crippen LogP contribution in [0.2, 0.25) is 0 Å². The number of pyridine rings is 1. The minimum absolute atomic E-state index is 0.105. The molecule has 0 aliphatic heterocycles. The number of alkyl halides is 4. The number of hydrogen-bond acceptors (Lipinski definition) is 1. The van der Waals surface area contributed by atoms with Crippen molar-refractivity contribution in [2.75, 3.05) is 0 Å². The van der Waals surface area contributed by atoms with Crippen molar-refractivity contribution in [3.8, 4) is 0 Å². The van der Waals surface area contributed by atoms with Crippen molar-refractivity contribution in [2.45, 2.75) is 18.0 Å². The molecule has 1 atom stereocenters. The van der Waals surface area contributed by atoms with Crippen LogP contribution >= 0.6 is 11.6 Å². The van der Waals surface area contributed by atoms with Gasteiger partial charge in [0.05, 0.1) is 10.9 Å². The molecule has 0 aliphatic carbocycles. The van der Waals surface area contributed by atoms with Crippen molar-refractivity contribution in [2.24, 2.45) is 0 Å². The Hall–Kier alpha value is -1.55. The van der Waals surface area contributed by atoms with Gasteiger partial charge in [-0.05, 0) is 35.7 Å². The smallest absolute Gasteiger partial charge is 0.265 e. The second-order valence-corrected chi connectivity index (χ2v) is 4.64. The van der Waals surface area contributed by atoms with Crippen LogP contribution < -0.4 is 0 Å². The summed E-state index contributed by atoms with van der Waals surface area (Å²) in [5, 5.41) is -0.722. The van der Waals surface area contributed by atoms with Gasteiger partial charge in [-0.15, -0.1) is 11.6 Å². The zero-order chi connectivity index (χ0) is 13.9. The molecule has 1 nitrogen and oxygen atoms in total. The predicted molar refractivity (Wildman–Crippen MR) is 68.0 cm³/mol. The van der Waals surface area contributed by atoms with E-state index in [1.807, 2.05) is 0 Å². The molecule has 2 rings (SSSR count). The Morgan fingerprint density at radius 3 is 2.32 bits per heavy atom. The molecule has 100 valence electrons. The van der Waals surface area contributed by atoms with E-state index in [0.717, 1.165) is 11.6 Å². The first-order valence-electron chi connectivity index (χ1n) is 5.67. The van der Waals surface area contributed by atoms with Crippen molar-refractivity contribution >= 4 is 11.6 Å². The van der Waals surface area contributed by atoms with E-state index in [9.17, 15) is 13.2 Å². The Kier molecular flexibility index (Phi) is 4.10. The monoisotopic (exact) mass is 285 g/mol. The number of benzene rings is 1. The summed E-state index contributed by atoms with van der Waals surface area (Å²) in [6.45, 7) is 0. The fourth-order valence-corrected chi connectivity index (χ4v) is 2.23. The first-order valence-corrected chi connectivity index (χ1v) is 6.11. The first kappa shape index (κ1) is 13.9. The second-order valence-electron chi connectivity index (χ2n) is 4.11. The quantitative estimate of drug-likeness (QED) is 0.750.